The maximum absolute atomic E-state index is 4.16. The molecule has 3 nitrogen and oxygen atoms in total. The second-order valence-corrected chi connectivity index (χ2v) is 4.79. The normalized spacial score (nSPS) is 18.4. The van der Waals surface area contributed by atoms with Crippen LogP contribution in [-0.2, 0) is 6.42 Å². The molecule has 1 aromatic heterocycles. The third kappa shape index (κ3) is 4.10. The predicted octanol–water partition coefficient (Wildman–Crippen LogP) is 1.65. The molecule has 0 amide bonds. The van der Waals surface area contributed by atoms with Crippen molar-refractivity contribution in [2.45, 2.75) is 19.8 Å². The van der Waals surface area contributed by atoms with E-state index in [1.54, 1.807) is 0 Å². The summed E-state index contributed by atoms with van der Waals surface area (Å²) >= 11 is 0. The van der Waals surface area contributed by atoms with E-state index in [1.165, 1.54) is 51.3 Å². The van der Waals surface area contributed by atoms with Crippen molar-refractivity contribution in [1.29, 1.82) is 0 Å². The smallest absolute Gasteiger partial charge is 0.0300 e. The van der Waals surface area contributed by atoms with E-state index >= 15 is 0 Å². The third-order valence-corrected chi connectivity index (χ3v) is 3.44. The number of aromatic nitrogens is 1. The van der Waals surface area contributed by atoms with E-state index in [4.69, 9.17) is 0 Å². The first-order valence-corrected chi connectivity index (χ1v) is 6.72. The molecule has 94 valence electrons. The second-order valence-electron chi connectivity index (χ2n) is 4.79. The molecule has 17 heavy (non-hydrogen) atoms. The van der Waals surface area contributed by atoms with E-state index in [1.807, 2.05) is 18.5 Å². The van der Waals surface area contributed by atoms with Crippen LogP contribution < -0.4 is 0 Å². The van der Waals surface area contributed by atoms with E-state index in [-0.39, 0.29) is 0 Å². The zero-order chi connectivity index (χ0) is 11.9. The van der Waals surface area contributed by atoms with Crippen molar-refractivity contribution in [3.63, 3.8) is 0 Å². The van der Waals surface area contributed by atoms with Crippen LogP contribution in [0, 0.1) is 0 Å². The van der Waals surface area contributed by atoms with Crippen molar-refractivity contribution in [3.05, 3.63) is 30.1 Å². The van der Waals surface area contributed by atoms with Crippen LogP contribution in [0.25, 0.3) is 0 Å². The van der Waals surface area contributed by atoms with Crippen LogP contribution >= 0.6 is 0 Å². The van der Waals surface area contributed by atoms with Crippen LogP contribution in [0.3, 0.4) is 0 Å². The molecule has 0 atom stereocenters. The van der Waals surface area contributed by atoms with E-state index in [0.29, 0.717) is 0 Å². The van der Waals surface area contributed by atoms with Gasteiger partial charge in [0, 0.05) is 45.1 Å². The Balaban J connectivity index is 1.68. The highest BCUT2D eigenvalue weighted by atomic mass is 15.3. The largest absolute Gasteiger partial charge is 0.301 e. The minimum atomic E-state index is 1.13. The van der Waals surface area contributed by atoms with Crippen LogP contribution in [0.5, 0.6) is 0 Å². The molecule has 1 aliphatic heterocycles. The Morgan fingerprint density at radius 1 is 1.12 bits per heavy atom. The maximum atomic E-state index is 4.16. The molecule has 0 N–H and O–H groups in total. The SMILES string of the molecule is CCCN1CCN(CCc2cccnc2)CC1. The lowest BCUT2D eigenvalue weighted by atomic mass is 10.2. The standard InChI is InChI=1S/C14H23N3/c1-2-7-16-9-11-17(12-10-16)8-5-14-4-3-6-15-13-14/h3-4,6,13H,2,5,7-12H2,1H3. The van der Waals surface area contributed by atoms with Gasteiger partial charge in [0.1, 0.15) is 0 Å². The number of hydrogen-bond acceptors (Lipinski definition) is 3. The Hall–Kier alpha value is -0.930. The van der Waals surface area contributed by atoms with Gasteiger partial charge in [0.25, 0.3) is 0 Å². The summed E-state index contributed by atoms with van der Waals surface area (Å²) in [4.78, 5) is 9.30. The summed E-state index contributed by atoms with van der Waals surface area (Å²) < 4.78 is 0. The van der Waals surface area contributed by atoms with Gasteiger partial charge in [-0.3, -0.25) is 4.98 Å². The lowest BCUT2D eigenvalue weighted by Crippen LogP contribution is -2.46. The lowest BCUT2D eigenvalue weighted by molar-refractivity contribution is 0.133. The summed E-state index contributed by atoms with van der Waals surface area (Å²) in [6.45, 7) is 9.61. The number of pyridine rings is 1. The van der Waals surface area contributed by atoms with Crippen LogP contribution in [-0.4, -0.2) is 54.1 Å². The van der Waals surface area contributed by atoms with Crippen LogP contribution in [0.2, 0.25) is 0 Å². The van der Waals surface area contributed by atoms with Gasteiger partial charge in [0.05, 0.1) is 0 Å². The molecule has 1 saturated heterocycles. The Labute approximate surface area is 104 Å². The number of rotatable bonds is 5. The summed E-state index contributed by atoms with van der Waals surface area (Å²) in [5.74, 6) is 0. The molecular formula is C14H23N3. The summed E-state index contributed by atoms with van der Waals surface area (Å²) in [5.41, 5.74) is 1.35. The van der Waals surface area contributed by atoms with Crippen LogP contribution in [0.1, 0.15) is 18.9 Å². The number of piperazine rings is 1. The van der Waals surface area contributed by atoms with E-state index in [9.17, 15) is 0 Å². The Bertz CT molecular complexity index is 305. The first-order valence-electron chi connectivity index (χ1n) is 6.72. The summed E-state index contributed by atoms with van der Waals surface area (Å²) in [5, 5.41) is 0. The topological polar surface area (TPSA) is 19.4 Å². The van der Waals surface area contributed by atoms with E-state index < -0.39 is 0 Å². The molecule has 1 aromatic rings. The van der Waals surface area contributed by atoms with Crippen molar-refractivity contribution >= 4 is 0 Å². The summed E-state index contributed by atoms with van der Waals surface area (Å²) in [7, 11) is 0. The number of hydrogen-bond donors (Lipinski definition) is 0. The molecule has 0 unspecified atom stereocenters. The summed E-state index contributed by atoms with van der Waals surface area (Å²) in [6, 6.07) is 4.19. The van der Waals surface area contributed by atoms with Gasteiger partial charge in [-0.05, 0) is 31.0 Å². The van der Waals surface area contributed by atoms with Gasteiger partial charge in [-0.15, -0.1) is 0 Å². The Morgan fingerprint density at radius 3 is 2.41 bits per heavy atom. The molecule has 3 heteroatoms. The average molecular weight is 233 g/mol. The van der Waals surface area contributed by atoms with E-state index in [2.05, 4.69) is 27.8 Å². The van der Waals surface area contributed by atoms with Crippen molar-refractivity contribution in [1.82, 2.24) is 14.8 Å². The molecular weight excluding hydrogens is 210 g/mol. The van der Waals surface area contributed by atoms with Gasteiger partial charge < -0.3 is 9.80 Å². The highest BCUT2D eigenvalue weighted by molar-refractivity contribution is 5.08. The first kappa shape index (κ1) is 12.5. The molecule has 1 aliphatic rings. The molecule has 0 aliphatic carbocycles. The molecule has 2 rings (SSSR count). The van der Waals surface area contributed by atoms with Gasteiger partial charge in [-0.1, -0.05) is 13.0 Å². The third-order valence-electron chi connectivity index (χ3n) is 3.44. The quantitative estimate of drug-likeness (QED) is 0.771. The zero-order valence-corrected chi connectivity index (χ0v) is 10.8. The van der Waals surface area contributed by atoms with Crippen molar-refractivity contribution < 1.29 is 0 Å². The van der Waals surface area contributed by atoms with Gasteiger partial charge in [0.15, 0.2) is 0 Å². The molecule has 0 aromatic carbocycles. The van der Waals surface area contributed by atoms with Crippen molar-refractivity contribution in [2.75, 3.05) is 39.3 Å². The highest BCUT2D eigenvalue weighted by Crippen LogP contribution is 2.05. The fraction of sp³-hybridized carbons (Fsp3) is 0.643. The van der Waals surface area contributed by atoms with Gasteiger partial charge >= 0.3 is 0 Å². The lowest BCUT2D eigenvalue weighted by Gasteiger charge is -2.34. The summed E-state index contributed by atoms with van der Waals surface area (Å²) in [6.07, 6.45) is 6.22. The van der Waals surface area contributed by atoms with Crippen molar-refractivity contribution in [2.24, 2.45) is 0 Å². The minimum absolute atomic E-state index is 1.13. The first-order chi connectivity index (χ1) is 8.38. The van der Waals surface area contributed by atoms with Crippen LogP contribution in [0.4, 0.5) is 0 Å². The fourth-order valence-corrected chi connectivity index (χ4v) is 2.39. The fourth-order valence-electron chi connectivity index (χ4n) is 2.39. The average Bonchev–Trinajstić information content (AvgIpc) is 2.40. The van der Waals surface area contributed by atoms with Crippen LogP contribution in [0.15, 0.2) is 24.5 Å². The molecule has 0 radical (unpaired) electrons. The monoisotopic (exact) mass is 233 g/mol. The molecule has 1 fully saturated rings. The molecule has 0 saturated carbocycles. The van der Waals surface area contributed by atoms with Gasteiger partial charge in [0.2, 0.25) is 0 Å². The molecule has 0 bridgehead atoms. The second kappa shape index (κ2) is 6.72. The minimum Gasteiger partial charge on any atom is -0.301 e. The zero-order valence-electron chi connectivity index (χ0n) is 10.8. The van der Waals surface area contributed by atoms with Gasteiger partial charge in [-0.25, -0.2) is 0 Å². The Morgan fingerprint density at radius 2 is 1.82 bits per heavy atom. The van der Waals surface area contributed by atoms with E-state index in [0.717, 1.165) is 6.42 Å². The molecule has 0 spiro atoms. The predicted molar refractivity (Wildman–Crippen MR) is 71.1 cm³/mol. The molecule has 2 heterocycles. The van der Waals surface area contributed by atoms with Gasteiger partial charge in [-0.2, -0.15) is 0 Å². The highest BCUT2D eigenvalue weighted by Gasteiger charge is 2.15. The maximum Gasteiger partial charge on any atom is 0.0300 e. The number of nitrogens with zero attached hydrogens (tertiary/aromatic N) is 3. The van der Waals surface area contributed by atoms with Crippen molar-refractivity contribution in [3.8, 4) is 0 Å². The Kier molecular flexibility index (Phi) is 4.95.